The van der Waals surface area contributed by atoms with Gasteiger partial charge in [0.2, 0.25) is 17.7 Å². The van der Waals surface area contributed by atoms with Crippen LogP contribution < -0.4 is 15.4 Å². The van der Waals surface area contributed by atoms with Crippen LogP contribution in [-0.2, 0) is 9.59 Å². The molecule has 1 aromatic heterocycles. The van der Waals surface area contributed by atoms with Crippen LogP contribution in [0.15, 0.2) is 18.3 Å². The van der Waals surface area contributed by atoms with Gasteiger partial charge in [-0.15, -0.1) is 0 Å². The average molecular weight is 305 g/mol. The zero-order chi connectivity index (χ0) is 15.9. The molecule has 120 valence electrons. The number of hydrogen-bond acceptors (Lipinski definition) is 4. The van der Waals surface area contributed by atoms with Crippen molar-refractivity contribution in [2.45, 2.75) is 45.1 Å². The number of pyridine rings is 1. The van der Waals surface area contributed by atoms with Crippen molar-refractivity contribution < 1.29 is 14.3 Å². The van der Waals surface area contributed by atoms with Gasteiger partial charge in [-0.3, -0.25) is 9.59 Å². The molecule has 1 atom stereocenters. The highest BCUT2D eigenvalue weighted by molar-refractivity contribution is 5.91. The molecule has 1 aliphatic carbocycles. The van der Waals surface area contributed by atoms with E-state index in [-0.39, 0.29) is 30.2 Å². The van der Waals surface area contributed by atoms with E-state index in [0.29, 0.717) is 11.6 Å². The number of nitrogens with one attached hydrogen (secondary N) is 2. The lowest BCUT2D eigenvalue weighted by atomic mass is 10.1. The second kappa shape index (κ2) is 7.77. The highest BCUT2D eigenvalue weighted by Crippen LogP contribution is 2.24. The van der Waals surface area contributed by atoms with E-state index in [4.69, 9.17) is 4.74 Å². The summed E-state index contributed by atoms with van der Waals surface area (Å²) < 4.78 is 4.96. The van der Waals surface area contributed by atoms with E-state index < -0.39 is 0 Å². The fraction of sp³-hybridized carbons (Fsp3) is 0.562. The Morgan fingerprint density at radius 2 is 2.09 bits per heavy atom. The van der Waals surface area contributed by atoms with Gasteiger partial charge < -0.3 is 15.4 Å². The summed E-state index contributed by atoms with van der Waals surface area (Å²) in [5.74, 6) is 0.543. The molecule has 0 bridgehead atoms. The second-order valence-electron chi connectivity index (χ2n) is 5.73. The number of carbonyl (C=O) groups is 2. The Morgan fingerprint density at radius 1 is 1.36 bits per heavy atom. The summed E-state index contributed by atoms with van der Waals surface area (Å²) in [6.45, 7) is 1.85. The molecule has 2 rings (SSSR count). The monoisotopic (exact) mass is 305 g/mol. The van der Waals surface area contributed by atoms with Gasteiger partial charge in [0.25, 0.3) is 0 Å². The smallest absolute Gasteiger partial charge is 0.226 e. The van der Waals surface area contributed by atoms with E-state index in [0.717, 1.165) is 25.7 Å². The van der Waals surface area contributed by atoms with Crippen LogP contribution in [-0.4, -0.2) is 29.9 Å². The molecular formula is C16H23N3O3. The predicted molar refractivity (Wildman–Crippen MR) is 83.6 cm³/mol. The lowest BCUT2D eigenvalue weighted by molar-refractivity contribution is -0.125. The number of methoxy groups -OCH3 is 1. The molecule has 0 saturated heterocycles. The minimum atomic E-state index is -0.181. The van der Waals surface area contributed by atoms with E-state index in [1.807, 2.05) is 6.92 Å². The highest BCUT2D eigenvalue weighted by Gasteiger charge is 2.24. The van der Waals surface area contributed by atoms with Gasteiger partial charge in [0, 0.05) is 24.4 Å². The third kappa shape index (κ3) is 4.72. The zero-order valence-electron chi connectivity index (χ0n) is 13.1. The summed E-state index contributed by atoms with van der Waals surface area (Å²) in [5.41, 5.74) is 0.611. The largest absolute Gasteiger partial charge is 0.481 e. The Hall–Kier alpha value is -2.11. The lowest BCUT2D eigenvalue weighted by Gasteiger charge is -2.16. The normalized spacial score (nSPS) is 16.1. The number of aromatic nitrogens is 1. The molecule has 1 fully saturated rings. The van der Waals surface area contributed by atoms with E-state index >= 15 is 0 Å². The number of amides is 2. The van der Waals surface area contributed by atoms with Crippen LogP contribution >= 0.6 is 0 Å². The lowest BCUT2D eigenvalue weighted by Crippen LogP contribution is -2.38. The van der Waals surface area contributed by atoms with Crippen LogP contribution in [0.5, 0.6) is 5.88 Å². The van der Waals surface area contributed by atoms with E-state index in [9.17, 15) is 9.59 Å². The topological polar surface area (TPSA) is 80.3 Å². The number of ether oxygens (including phenoxy) is 1. The van der Waals surface area contributed by atoms with Gasteiger partial charge in [0.15, 0.2) is 0 Å². The molecule has 0 aliphatic heterocycles. The van der Waals surface area contributed by atoms with Gasteiger partial charge >= 0.3 is 0 Å². The van der Waals surface area contributed by atoms with Gasteiger partial charge in [-0.2, -0.15) is 0 Å². The van der Waals surface area contributed by atoms with Gasteiger partial charge in [-0.25, -0.2) is 4.98 Å². The molecule has 0 spiro atoms. The molecular weight excluding hydrogens is 282 g/mol. The summed E-state index contributed by atoms with van der Waals surface area (Å²) in [7, 11) is 1.54. The fourth-order valence-corrected chi connectivity index (χ4v) is 2.66. The number of carbonyl (C=O) groups excluding carboxylic acids is 2. The van der Waals surface area contributed by atoms with Crippen LogP contribution in [0.1, 0.15) is 39.0 Å². The van der Waals surface area contributed by atoms with Crippen molar-refractivity contribution in [3.63, 3.8) is 0 Å². The average Bonchev–Trinajstić information content (AvgIpc) is 3.02. The molecule has 1 saturated carbocycles. The first-order valence-electron chi connectivity index (χ1n) is 7.68. The van der Waals surface area contributed by atoms with Gasteiger partial charge in [-0.05, 0) is 25.8 Å². The standard InChI is InChI=1S/C16H23N3O3/c1-11(18-16(21)12-5-3-4-6-12)9-14(20)19-13-7-8-15(22-2)17-10-13/h7-8,10-12H,3-6,9H2,1-2H3,(H,18,21)(H,19,20)/t11-/m0/s1. The van der Waals surface area contributed by atoms with E-state index in [1.165, 1.54) is 7.11 Å². The summed E-state index contributed by atoms with van der Waals surface area (Å²) in [5, 5.41) is 5.68. The number of anilines is 1. The second-order valence-corrected chi connectivity index (χ2v) is 5.73. The van der Waals surface area contributed by atoms with Gasteiger partial charge in [0.05, 0.1) is 19.0 Å². The third-order valence-corrected chi connectivity index (χ3v) is 3.84. The molecule has 1 aromatic rings. The van der Waals surface area contributed by atoms with Crippen molar-refractivity contribution >= 4 is 17.5 Å². The molecule has 0 aromatic carbocycles. The number of hydrogen-bond donors (Lipinski definition) is 2. The van der Waals surface area contributed by atoms with Gasteiger partial charge in [0.1, 0.15) is 0 Å². The van der Waals surface area contributed by atoms with Crippen LogP contribution in [0.3, 0.4) is 0 Å². The molecule has 6 heteroatoms. The predicted octanol–water partition coefficient (Wildman–Crippen LogP) is 2.11. The van der Waals surface area contributed by atoms with E-state index in [2.05, 4.69) is 15.6 Å². The fourth-order valence-electron chi connectivity index (χ4n) is 2.66. The molecule has 0 radical (unpaired) electrons. The van der Waals surface area contributed by atoms with Crippen LogP contribution in [0.2, 0.25) is 0 Å². The van der Waals surface area contributed by atoms with Gasteiger partial charge in [-0.1, -0.05) is 12.8 Å². The summed E-state index contributed by atoms with van der Waals surface area (Å²) in [6.07, 6.45) is 5.95. The molecule has 2 amide bonds. The molecule has 1 heterocycles. The number of rotatable bonds is 6. The maximum Gasteiger partial charge on any atom is 0.226 e. The molecule has 1 aliphatic rings. The zero-order valence-corrected chi connectivity index (χ0v) is 13.1. The number of nitrogens with zero attached hydrogens (tertiary/aromatic N) is 1. The molecule has 6 nitrogen and oxygen atoms in total. The summed E-state index contributed by atoms with van der Waals surface area (Å²) in [4.78, 5) is 28.0. The van der Waals surface area contributed by atoms with Crippen LogP contribution in [0.4, 0.5) is 5.69 Å². The summed E-state index contributed by atoms with van der Waals surface area (Å²) in [6, 6.07) is 3.23. The van der Waals surface area contributed by atoms with Crippen LogP contribution in [0.25, 0.3) is 0 Å². The quantitative estimate of drug-likeness (QED) is 0.843. The first-order valence-corrected chi connectivity index (χ1v) is 7.68. The minimum absolute atomic E-state index is 0.0731. The maximum atomic E-state index is 12.0. The van der Waals surface area contributed by atoms with Crippen molar-refractivity contribution in [1.82, 2.24) is 10.3 Å². The SMILES string of the molecule is COc1ccc(NC(=O)C[C@H](C)NC(=O)C2CCCC2)cn1. The molecule has 0 unspecified atom stereocenters. The van der Waals surface area contributed by atoms with Crippen molar-refractivity contribution in [3.05, 3.63) is 18.3 Å². The van der Waals surface area contributed by atoms with Crippen molar-refractivity contribution in [2.75, 3.05) is 12.4 Å². The Kier molecular flexibility index (Phi) is 5.75. The Bertz CT molecular complexity index is 510. The first kappa shape index (κ1) is 16.3. The van der Waals surface area contributed by atoms with Crippen LogP contribution in [0, 0.1) is 5.92 Å². The summed E-state index contributed by atoms with van der Waals surface area (Å²) >= 11 is 0. The molecule has 22 heavy (non-hydrogen) atoms. The van der Waals surface area contributed by atoms with Crippen molar-refractivity contribution in [1.29, 1.82) is 0 Å². The van der Waals surface area contributed by atoms with Crippen molar-refractivity contribution in [3.8, 4) is 5.88 Å². The Labute approximate surface area is 130 Å². The third-order valence-electron chi connectivity index (χ3n) is 3.84. The Morgan fingerprint density at radius 3 is 2.68 bits per heavy atom. The van der Waals surface area contributed by atoms with E-state index in [1.54, 1.807) is 18.3 Å². The Balaban J connectivity index is 1.76. The minimum Gasteiger partial charge on any atom is -0.481 e. The maximum absolute atomic E-state index is 12.0. The molecule has 2 N–H and O–H groups in total. The van der Waals surface area contributed by atoms with Crippen molar-refractivity contribution in [2.24, 2.45) is 5.92 Å². The highest BCUT2D eigenvalue weighted by atomic mass is 16.5. The first-order chi connectivity index (χ1) is 10.6.